The van der Waals surface area contributed by atoms with Gasteiger partial charge in [0.25, 0.3) is 0 Å². The summed E-state index contributed by atoms with van der Waals surface area (Å²) >= 11 is 4.04. The molecular weight excluding hydrogens is 240 g/mol. The molecule has 6 heteroatoms. The van der Waals surface area contributed by atoms with Crippen molar-refractivity contribution in [1.82, 2.24) is 15.2 Å². The van der Waals surface area contributed by atoms with Crippen molar-refractivity contribution >= 4 is 23.5 Å². The van der Waals surface area contributed by atoms with Crippen molar-refractivity contribution in [3.05, 3.63) is 18.0 Å². The lowest BCUT2D eigenvalue weighted by Gasteiger charge is -2.28. The van der Waals surface area contributed by atoms with Crippen LogP contribution in [0.5, 0.6) is 0 Å². The minimum Gasteiger partial charge on any atom is -0.276 e. The molecule has 0 amide bonds. The van der Waals surface area contributed by atoms with Crippen LogP contribution in [0.2, 0.25) is 0 Å². The summed E-state index contributed by atoms with van der Waals surface area (Å²) in [4.78, 5) is 0. The molecule has 1 fully saturated rings. The molecule has 4 nitrogen and oxygen atoms in total. The Bertz CT molecular complexity index is 322. The van der Waals surface area contributed by atoms with Crippen LogP contribution >= 0.6 is 23.5 Å². The van der Waals surface area contributed by atoms with Gasteiger partial charge in [-0.25, -0.2) is 0 Å². The van der Waals surface area contributed by atoms with E-state index >= 15 is 0 Å². The Balaban J connectivity index is 1.94. The summed E-state index contributed by atoms with van der Waals surface area (Å²) in [5.74, 6) is 9.34. The van der Waals surface area contributed by atoms with Crippen LogP contribution in [-0.2, 0) is 13.5 Å². The normalized spacial score (nSPS) is 23.2. The lowest BCUT2D eigenvalue weighted by molar-refractivity contribution is 0.515. The summed E-state index contributed by atoms with van der Waals surface area (Å²) in [7, 11) is 1.94. The summed E-state index contributed by atoms with van der Waals surface area (Å²) in [5, 5.41) is 5.00. The first-order valence-electron chi connectivity index (χ1n) is 5.43. The van der Waals surface area contributed by atoms with E-state index < -0.39 is 0 Å². The Morgan fingerprint density at radius 2 is 2.56 bits per heavy atom. The molecule has 0 bridgehead atoms. The highest BCUT2D eigenvalue weighted by Gasteiger charge is 2.24. The van der Waals surface area contributed by atoms with E-state index in [2.05, 4.69) is 16.6 Å². The van der Waals surface area contributed by atoms with Crippen LogP contribution in [0.1, 0.15) is 5.69 Å². The smallest absolute Gasteiger partial charge is 0.0640 e. The quantitative estimate of drug-likeness (QED) is 0.613. The third kappa shape index (κ3) is 3.16. The van der Waals surface area contributed by atoms with E-state index in [1.54, 1.807) is 0 Å². The molecule has 0 radical (unpaired) electrons. The first-order valence-corrected chi connectivity index (χ1v) is 7.64. The van der Waals surface area contributed by atoms with E-state index in [1.807, 2.05) is 41.5 Å². The van der Waals surface area contributed by atoms with Gasteiger partial charge in [-0.2, -0.15) is 28.6 Å². The van der Waals surface area contributed by atoms with E-state index in [0.29, 0.717) is 11.3 Å². The number of hydrogen-bond acceptors (Lipinski definition) is 5. The zero-order valence-corrected chi connectivity index (χ0v) is 11.1. The Morgan fingerprint density at radius 1 is 1.69 bits per heavy atom. The zero-order chi connectivity index (χ0) is 11.4. The van der Waals surface area contributed by atoms with Gasteiger partial charge in [-0.05, 0) is 6.07 Å². The number of hydrazine groups is 1. The molecule has 0 aromatic carbocycles. The zero-order valence-electron chi connectivity index (χ0n) is 9.43. The minimum absolute atomic E-state index is 0.327. The highest BCUT2D eigenvalue weighted by molar-refractivity contribution is 8.06. The van der Waals surface area contributed by atoms with E-state index in [-0.39, 0.29) is 0 Å². The molecule has 1 aromatic heterocycles. The molecule has 1 aliphatic heterocycles. The second-order valence-corrected chi connectivity index (χ2v) is 6.44. The maximum atomic E-state index is 5.65. The number of thioether (sulfide) groups is 2. The molecule has 2 heterocycles. The van der Waals surface area contributed by atoms with E-state index in [4.69, 9.17) is 5.84 Å². The Hall–Kier alpha value is -0.170. The summed E-state index contributed by atoms with van der Waals surface area (Å²) in [6.07, 6.45) is 2.89. The maximum Gasteiger partial charge on any atom is 0.0640 e. The molecule has 2 rings (SSSR count). The van der Waals surface area contributed by atoms with Crippen LogP contribution in [0.4, 0.5) is 0 Å². The summed E-state index contributed by atoms with van der Waals surface area (Å²) in [6, 6.07) is 2.39. The molecule has 90 valence electrons. The molecule has 0 spiro atoms. The lowest BCUT2D eigenvalue weighted by atomic mass is 10.1. The van der Waals surface area contributed by atoms with E-state index in [1.165, 1.54) is 17.3 Å². The van der Waals surface area contributed by atoms with Gasteiger partial charge in [0, 0.05) is 48.2 Å². The number of hydrogen-bond donors (Lipinski definition) is 2. The van der Waals surface area contributed by atoms with Gasteiger partial charge in [0.05, 0.1) is 5.69 Å². The van der Waals surface area contributed by atoms with Crippen LogP contribution in [0, 0.1) is 0 Å². The SMILES string of the molecule is Cn1ccc(CC(NN)C2CSCCS2)n1. The van der Waals surface area contributed by atoms with Crippen LogP contribution < -0.4 is 11.3 Å². The third-order valence-corrected chi connectivity index (χ3v) is 5.62. The molecule has 1 aliphatic rings. The van der Waals surface area contributed by atoms with Crippen LogP contribution in [0.15, 0.2) is 12.3 Å². The predicted octanol–water partition coefficient (Wildman–Crippen LogP) is 0.643. The van der Waals surface area contributed by atoms with Gasteiger partial charge >= 0.3 is 0 Å². The van der Waals surface area contributed by atoms with Gasteiger partial charge < -0.3 is 0 Å². The predicted molar refractivity (Wildman–Crippen MR) is 71.6 cm³/mol. The number of rotatable bonds is 4. The van der Waals surface area contributed by atoms with Crippen LogP contribution in [0.25, 0.3) is 0 Å². The number of aromatic nitrogens is 2. The number of nitrogens with two attached hydrogens (primary N) is 1. The highest BCUT2D eigenvalue weighted by atomic mass is 32.2. The molecule has 1 saturated heterocycles. The molecule has 0 saturated carbocycles. The lowest BCUT2D eigenvalue weighted by Crippen LogP contribution is -2.46. The Morgan fingerprint density at radius 3 is 3.12 bits per heavy atom. The van der Waals surface area contributed by atoms with E-state index in [9.17, 15) is 0 Å². The number of aryl methyl sites for hydroxylation is 1. The number of nitrogens with one attached hydrogen (secondary N) is 1. The fraction of sp³-hybridized carbons (Fsp3) is 0.700. The van der Waals surface area contributed by atoms with Crippen molar-refractivity contribution in [3.8, 4) is 0 Å². The van der Waals surface area contributed by atoms with Crippen molar-refractivity contribution in [2.75, 3.05) is 17.3 Å². The van der Waals surface area contributed by atoms with Crippen molar-refractivity contribution in [1.29, 1.82) is 0 Å². The fourth-order valence-corrected chi connectivity index (χ4v) is 4.70. The maximum absolute atomic E-state index is 5.65. The molecule has 0 aliphatic carbocycles. The molecule has 3 N–H and O–H groups in total. The first kappa shape index (κ1) is 12.3. The van der Waals surface area contributed by atoms with Gasteiger partial charge in [-0.1, -0.05) is 0 Å². The Labute approximate surface area is 105 Å². The summed E-state index contributed by atoms with van der Waals surface area (Å²) in [6.45, 7) is 0. The molecule has 2 atom stereocenters. The number of nitrogens with zero attached hydrogens (tertiary/aromatic N) is 2. The van der Waals surface area contributed by atoms with Gasteiger partial charge in [-0.15, -0.1) is 0 Å². The summed E-state index contributed by atoms with van der Waals surface area (Å²) < 4.78 is 1.84. The first-order chi connectivity index (χ1) is 7.79. The van der Waals surface area contributed by atoms with Crippen molar-refractivity contribution in [2.45, 2.75) is 17.7 Å². The summed E-state index contributed by atoms with van der Waals surface area (Å²) in [5.41, 5.74) is 4.06. The van der Waals surface area contributed by atoms with Gasteiger partial charge in [0.1, 0.15) is 0 Å². The highest BCUT2D eigenvalue weighted by Crippen LogP contribution is 2.27. The molecule has 2 unspecified atom stereocenters. The Kier molecular flexibility index (Phi) is 4.57. The largest absolute Gasteiger partial charge is 0.276 e. The van der Waals surface area contributed by atoms with Crippen LogP contribution in [0.3, 0.4) is 0 Å². The second kappa shape index (κ2) is 5.95. The monoisotopic (exact) mass is 258 g/mol. The third-order valence-electron chi connectivity index (χ3n) is 2.70. The second-order valence-electron chi connectivity index (χ2n) is 3.94. The topological polar surface area (TPSA) is 55.9 Å². The minimum atomic E-state index is 0.327. The molecular formula is C10H18N4S2. The average molecular weight is 258 g/mol. The van der Waals surface area contributed by atoms with Crippen molar-refractivity contribution in [3.63, 3.8) is 0 Å². The average Bonchev–Trinajstić information content (AvgIpc) is 2.73. The fourth-order valence-electron chi connectivity index (χ4n) is 1.83. The van der Waals surface area contributed by atoms with Crippen molar-refractivity contribution < 1.29 is 0 Å². The van der Waals surface area contributed by atoms with Gasteiger partial charge in [-0.3, -0.25) is 16.0 Å². The van der Waals surface area contributed by atoms with Gasteiger partial charge in [0.15, 0.2) is 0 Å². The molecule has 1 aromatic rings. The standard InChI is InChI=1S/C10H18N4S2/c1-14-3-2-8(13-14)6-9(12-11)10-7-15-4-5-16-10/h2-3,9-10,12H,4-7,11H2,1H3. The molecule has 16 heavy (non-hydrogen) atoms. The van der Waals surface area contributed by atoms with Crippen molar-refractivity contribution in [2.24, 2.45) is 12.9 Å². The van der Waals surface area contributed by atoms with E-state index in [0.717, 1.165) is 12.1 Å². The van der Waals surface area contributed by atoms with Crippen LogP contribution in [-0.4, -0.2) is 38.3 Å². The van der Waals surface area contributed by atoms with Gasteiger partial charge in [0.2, 0.25) is 0 Å².